The SMILES string of the molecule is C[Si](C)(Cl)CCCCCCCCCCCCCCN. The zero-order valence-corrected chi connectivity index (χ0v) is 15.1. The Hall–Kier alpha value is 0.467. The van der Waals surface area contributed by atoms with Crippen LogP contribution >= 0.6 is 11.1 Å². The van der Waals surface area contributed by atoms with Crippen molar-refractivity contribution in [2.75, 3.05) is 6.54 Å². The molecule has 0 bridgehead atoms. The highest BCUT2D eigenvalue weighted by molar-refractivity contribution is 7.19. The van der Waals surface area contributed by atoms with Crippen molar-refractivity contribution in [2.45, 2.75) is 96.2 Å². The summed E-state index contributed by atoms with van der Waals surface area (Å²) in [5.74, 6) is 0. The number of hydrogen-bond acceptors (Lipinski definition) is 1. The molecule has 0 radical (unpaired) electrons. The van der Waals surface area contributed by atoms with Gasteiger partial charge in [-0.1, -0.05) is 83.7 Å². The lowest BCUT2D eigenvalue weighted by molar-refractivity contribution is 0.545. The van der Waals surface area contributed by atoms with Gasteiger partial charge in [-0.25, -0.2) is 0 Å². The van der Waals surface area contributed by atoms with E-state index in [4.69, 9.17) is 16.8 Å². The smallest absolute Gasteiger partial charge is 0.150 e. The average molecular weight is 306 g/mol. The van der Waals surface area contributed by atoms with Crippen molar-refractivity contribution in [2.24, 2.45) is 5.73 Å². The van der Waals surface area contributed by atoms with Gasteiger partial charge in [0.15, 0.2) is 0 Å². The largest absolute Gasteiger partial charge is 0.330 e. The van der Waals surface area contributed by atoms with E-state index in [1.54, 1.807) is 0 Å². The maximum atomic E-state index is 6.31. The minimum atomic E-state index is -1.29. The molecule has 0 aromatic rings. The third kappa shape index (κ3) is 18.5. The van der Waals surface area contributed by atoms with Gasteiger partial charge in [-0.3, -0.25) is 0 Å². The third-order valence-corrected chi connectivity index (χ3v) is 5.83. The van der Waals surface area contributed by atoms with E-state index in [1.807, 2.05) is 0 Å². The first-order valence-electron chi connectivity index (χ1n) is 8.45. The predicted octanol–water partition coefficient (Wildman–Crippen LogP) is 6.07. The third-order valence-electron chi connectivity index (χ3n) is 3.73. The van der Waals surface area contributed by atoms with Crippen molar-refractivity contribution >= 4 is 18.5 Å². The molecular formula is C16H36ClNSi. The summed E-state index contributed by atoms with van der Waals surface area (Å²) in [6.45, 7) is 5.37. The number of nitrogens with two attached hydrogens (primary N) is 1. The molecule has 0 heterocycles. The van der Waals surface area contributed by atoms with Crippen LogP contribution in [0.1, 0.15) is 77.0 Å². The molecule has 0 saturated heterocycles. The summed E-state index contributed by atoms with van der Waals surface area (Å²) >= 11 is 6.31. The van der Waals surface area contributed by atoms with Gasteiger partial charge in [0.05, 0.1) is 0 Å². The Morgan fingerprint density at radius 3 is 1.26 bits per heavy atom. The van der Waals surface area contributed by atoms with Crippen LogP contribution in [-0.4, -0.2) is 13.9 Å². The summed E-state index contributed by atoms with van der Waals surface area (Å²) in [5, 5.41) is 0. The minimum absolute atomic E-state index is 0.864. The summed E-state index contributed by atoms with van der Waals surface area (Å²) < 4.78 is 0. The topological polar surface area (TPSA) is 26.0 Å². The first-order valence-corrected chi connectivity index (χ1v) is 12.7. The van der Waals surface area contributed by atoms with E-state index < -0.39 is 7.38 Å². The fraction of sp³-hybridized carbons (Fsp3) is 1.00. The second kappa shape index (κ2) is 13.4. The maximum absolute atomic E-state index is 6.31. The molecule has 2 N–H and O–H groups in total. The standard InChI is InChI=1S/C16H36ClNSi/c1-19(2,17)16-14-12-10-8-6-4-3-5-7-9-11-13-15-18/h3-16,18H2,1-2H3. The molecule has 0 rings (SSSR count). The average Bonchev–Trinajstić information content (AvgIpc) is 2.34. The van der Waals surface area contributed by atoms with Crippen LogP contribution in [0, 0.1) is 0 Å². The Bertz CT molecular complexity index is 180. The summed E-state index contributed by atoms with van der Waals surface area (Å²) in [6.07, 6.45) is 16.7. The number of hydrogen-bond donors (Lipinski definition) is 1. The summed E-state index contributed by atoms with van der Waals surface area (Å²) in [4.78, 5) is 0. The monoisotopic (exact) mass is 305 g/mol. The second-order valence-corrected chi connectivity index (χ2v) is 13.5. The van der Waals surface area contributed by atoms with E-state index in [0.717, 1.165) is 6.54 Å². The molecule has 116 valence electrons. The highest BCUT2D eigenvalue weighted by Gasteiger charge is 2.15. The second-order valence-electron chi connectivity index (χ2n) is 6.50. The molecule has 0 aromatic heterocycles. The van der Waals surface area contributed by atoms with Gasteiger partial charge in [0, 0.05) is 0 Å². The van der Waals surface area contributed by atoms with Gasteiger partial charge in [-0.15, -0.1) is 0 Å². The van der Waals surface area contributed by atoms with Gasteiger partial charge < -0.3 is 5.73 Å². The molecule has 0 fully saturated rings. The first-order chi connectivity index (χ1) is 9.06. The van der Waals surface area contributed by atoms with Crippen LogP contribution in [0.5, 0.6) is 0 Å². The molecule has 0 aromatic carbocycles. The first kappa shape index (κ1) is 19.5. The van der Waals surface area contributed by atoms with Gasteiger partial charge in [-0.2, -0.15) is 11.1 Å². The molecule has 0 atom stereocenters. The molecule has 0 aliphatic heterocycles. The van der Waals surface area contributed by atoms with E-state index in [-0.39, 0.29) is 0 Å². The Kier molecular flexibility index (Phi) is 13.8. The van der Waals surface area contributed by atoms with Gasteiger partial charge in [0.25, 0.3) is 0 Å². The maximum Gasteiger partial charge on any atom is 0.150 e. The van der Waals surface area contributed by atoms with Crippen LogP contribution in [0.15, 0.2) is 0 Å². The van der Waals surface area contributed by atoms with Crippen molar-refractivity contribution in [3.63, 3.8) is 0 Å². The fourth-order valence-corrected chi connectivity index (χ4v) is 3.95. The lowest BCUT2D eigenvalue weighted by atomic mass is 10.1. The Labute approximate surface area is 127 Å². The molecule has 0 spiro atoms. The van der Waals surface area contributed by atoms with Crippen molar-refractivity contribution in [3.05, 3.63) is 0 Å². The molecule has 19 heavy (non-hydrogen) atoms. The lowest BCUT2D eigenvalue weighted by Crippen LogP contribution is -2.14. The van der Waals surface area contributed by atoms with Crippen molar-refractivity contribution in [1.82, 2.24) is 0 Å². The highest BCUT2D eigenvalue weighted by Crippen LogP contribution is 2.19. The Morgan fingerprint density at radius 1 is 0.632 bits per heavy atom. The van der Waals surface area contributed by atoms with Gasteiger partial charge >= 0.3 is 0 Å². The van der Waals surface area contributed by atoms with Gasteiger partial charge in [0.2, 0.25) is 0 Å². The summed E-state index contributed by atoms with van der Waals surface area (Å²) in [5.41, 5.74) is 5.48. The molecule has 0 unspecified atom stereocenters. The van der Waals surface area contributed by atoms with E-state index in [9.17, 15) is 0 Å². The van der Waals surface area contributed by atoms with Crippen LogP contribution in [0.25, 0.3) is 0 Å². The van der Waals surface area contributed by atoms with Crippen LogP contribution < -0.4 is 5.73 Å². The summed E-state index contributed by atoms with van der Waals surface area (Å²) in [6, 6.07) is 1.29. The van der Waals surface area contributed by atoms with Crippen LogP contribution in [0.4, 0.5) is 0 Å². The highest BCUT2D eigenvalue weighted by atomic mass is 35.6. The van der Waals surface area contributed by atoms with Crippen LogP contribution in [-0.2, 0) is 0 Å². The molecule has 0 saturated carbocycles. The van der Waals surface area contributed by atoms with Gasteiger partial charge in [-0.05, 0) is 19.0 Å². The van der Waals surface area contributed by atoms with Gasteiger partial charge in [0.1, 0.15) is 7.38 Å². The van der Waals surface area contributed by atoms with Crippen LogP contribution in [0.3, 0.4) is 0 Å². The number of halogens is 1. The van der Waals surface area contributed by atoms with E-state index in [0.29, 0.717) is 0 Å². The molecule has 0 aliphatic rings. The van der Waals surface area contributed by atoms with E-state index >= 15 is 0 Å². The molecule has 3 heteroatoms. The van der Waals surface area contributed by atoms with Crippen molar-refractivity contribution in [1.29, 1.82) is 0 Å². The fourth-order valence-electron chi connectivity index (χ4n) is 2.46. The summed E-state index contributed by atoms with van der Waals surface area (Å²) in [7, 11) is -1.29. The van der Waals surface area contributed by atoms with E-state index in [1.165, 1.54) is 83.1 Å². The zero-order chi connectivity index (χ0) is 14.4. The van der Waals surface area contributed by atoms with Crippen LogP contribution in [0.2, 0.25) is 19.1 Å². The van der Waals surface area contributed by atoms with Crippen molar-refractivity contribution < 1.29 is 0 Å². The van der Waals surface area contributed by atoms with Crippen molar-refractivity contribution in [3.8, 4) is 0 Å². The molecule has 1 nitrogen and oxygen atoms in total. The zero-order valence-electron chi connectivity index (χ0n) is 13.4. The molecular weight excluding hydrogens is 270 g/mol. The normalized spacial score (nSPS) is 12.0. The quantitative estimate of drug-likeness (QED) is 0.235. The van der Waals surface area contributed by atoms with E-state index in [2.05, 4.69) is 13.1 Å². The Morgan fingerprint density at radius 2 is 0.947 bits per heavy atom. The minimum Gasteiger partial charge on any atom is -0.330 e. The Balaban J connectivity index is 2.99. The number of rotatable bonds is 14. The molecule has 0 aliphatic carbocycles. The molecule has 0 amide bonds. The number of unbranched alkanes of at least 4 members (excludes halogenated alkanes) is 11. The lowest BCUT2D eigenvalue weighted by Gasteiger charge is -2.11. The predicted molar refractivity (Wildman–Crippen MR) is 92.6 cm³/mol.